The number of hydrogen-bond donors (Lipinski definition) is 2. The van der Waals surface area contributed by atoms with E-state index in [1.807, 2.05) is 36.4 Å². The van der Waals surface area contributed by atoms with Gasteiger partial charge in [0.25, 0.3) is 0 Å². The molecule has 2 heteroatoms. The van der Waals surface area contributed by atoms with Crippen molar-refractivity contribution in [1.82, 2.24) is 0 Å². The van der Waals surface area contributed by atoms with Crippen LogP contribution in [-0.4, -0.2) is 5.11 Å². The Morgan fingerprint density at radius 1 is 0.783 bits per heavy atom. The quantitative estimate of drug-likeness (QED) is 0.667. The first-order valence-electron chi connectivity index (χ1n) is 7.85. The van der Waals surface area contributed by atoms with Gasteiger partial charge in [0, 0.05) is 5.69 Å². The molecule has 3 aromatic rings. The van der Waals surface area contributed by atoms with Crippen LogP contribution in [0.5, 0.6) is 5.75 Å². The molecule has 116 valence electrons. The first-order chi connectivity index (χ1) is 11.1. The summed E-state index contributed by atoms with van der Waals surface area (Å²) in [5.41, 5.74) is 11.4. The third kappa shape index (κ3) is 3.72. The lowest BCUT2D eigenvalue weighted by Crippen LogP contribution is -1.98. The van der Waals surface area contributed by atoms with Crippen LogP contribution in [-0.2, 0) is 6.42 Å². The van der Waals surface area contributed by atoms with Crippen LogP contribution < -0.4 is 5.73 Å². The highest BCUT2D eigenvalue weighted by Crippen LogP contribution is 2.26. The van der Waals surface area contributed by atoms with Gasteiger partial charge in [-0.1, -0.05) is 55.5 Å². The summed E-state index contributed by atoms with van der Waals surface area (Å²) in [7, 11) is 0. The molecule has 1 atom stereocenters. The van der Waals surface area contributed by atoms with Crippen molar-refractivity contribution in [3.63, 3.8) is 0 Å². The van der Waals surface area contributed by atoms with Crippen molar-refractivity contribution < 1.29 is 5.11 Å². The first-order valence-corrected chi connectivity index (χ1v) is 7.85. The Kier molecular flexibility index (Phi) is 4.33. The number of aromatic hydroxyl groups is 1. The topological polar surface area (TPSA) is 46.2 Å². The van der Waals surface area contributed by atoms with E-state index in [2.05, 4.69) is 31.2 Å². The zero-order valence-electron chi connectivity index (χ0n) is 13.2. The summed E-state index contributed by atoms with van der Waals surface area (Å²) in [5, 5.41) is 9.36. The number of rotatable bonds is 4. The van der Waals surface area contributed by atoms with Gasteiger partial charge in [-0.3, -0.25) is 0 Å². The van der Waals surface area contributed by atoms with E-state index in [1.54, 1.807) is 12.1 Å². The molecule has 3 aromatic carbocycles. The number of phenolic OH excluding ortho intramolecular Hbond substituents is 1. The number of phenols is 1. The second-order valence-electron chi connectivity index (χ2n) is 6.02. The van der Waals surface area contributed by atoms with Crippen LogP contribution in [0, 0.1) is 0 Å². The number of anilines is 1. The van der Waals surface area contributed by atoms with Crippen molar-refractivity contribution in [1.29, 1.82) is 0 Å². The maximum Gasteiger partial charge on any atom is 0.115 e. The molecule has 1 unspecified atom stereocenters. The predicted molar refractivity (Wildman–Crippen MR) is 96.5 cm³/mol. The third-order valence-corrected chi connectivity index (χ3v) is 4.20. The minimum absolute atomic E-state index is 0.314. The van der Waals surface area contributed by atoms with E-state index in [-0.39, 0.29) is 0 Å². The lowest BCUT2D eigenvalue weighted by atomic mass is 9.92. The molecule has 0 saturated heterocycles. The molecule has 0 fully saturated rings. The fourth-order valence-corrected chi connectivity index (χ4v) is 2.78. The highest BCUT2D eigenvalue weighted by molar-refractivity contribution is 5.65. The van der Waals surface area contributed by atoms with E-state index in [0.29, 0.717) is 11.7 Å². The molecule has 0 amide bonds. The molecule has 0 aromatic heterocycles. The van der Waals surface area contributed by atoms with Crippen molar-refractivity contribution in [2.75, 3.05) is 5.73 Å². The molecular formula is C21H21NO. The number of benzene rings is 3. The molecule has 0 radical (unpaired) electrons. The maximum atomic E-state index is 9.36. The highest BCUT2D eigenvalue weighted by atomic mass is 16.3. The summed E-state index contributed by atoms with van der Waals surface area (Å²) >= 11 is 0. The van der Waals surface area contributed by atoms with E-state index >= 15 is 0 Å². The summed E-state index contributed by atoms with van der Waals surface area (Å²) in [5.74, 6) is 0.745. The molecule has 2 nitrogen and oxygen atoms in total. The molecule has 23 heavy (non-hydrogen) atoms. The fraction of sp³-hybridized carbons (Fsp3) is 0.143. The molecule has 0 heterocycles. The van der Waals surface area contributed by atoms with Crippen LogP contribution in [0.2, 0.25) is 0 Å². The van der Waals surface area contributed by atoms with E-state index in [1.165, 1.54) is 22.3 Å². The average Bonchev–Trinajstić information content (AvgIpc) is 2.58. The van der Waals surface area contributed by atoms with Crippen LogP contribution in [0.3, 0.4) is 0 Å². The summed E-state index contributed by atoms with van der Waals surface area (Å²) in [4.78, 5) is 0. The van der Waals surface area contributed by atoms with Crippen LogP contribution in [0.1, 0.15) is 24.0 Å². The molecule has 3 rings (SSSR count). The second-order valence-corrected chi connectivity index (χ2v) is 6.02. The van der Waals surface area contributed by atoms with Gasteiger partial charge >= 0.3 is 0 Å². The van der Waals surface area contributed by atoms with E-state index in [9.17, 15) is 5.11 Å². The predicted octanol–water partition coefficient (Wildman–Crippen LogP) is 4.99. The summed E-state index contributed by atoms with van der Waals surface area (Å²) in [6, 6.07) is 24.1. The number of hydrogen-bond acceptors (Lipinski definition) is 2. The number of nitrogen functional groups attached to an aromatic ring is 1. The average molecular weight is 303 g/mol. The lowest BCUT2D eigenvalue weighted by Gasteiger charge is -2.13. The Balaban J connectivity index is 1.73. The molecule has 0 spiro atoms. The van der Waals surface area contributed by atoms with Gasteiger partial charge in [-0.15, -0.1) is 0 Å². The highest BCUT2D eigenvalue weighted by Gasteiger charge is 2.07. The third-order valence-electron chi connectivity index (χ3n) is 4.20. The van der Waals surface area contributed by atoms with Gasteiger partial charge < -0.3 is 10.8 Å². The number of nitrogens with two attached hydrogens (primary N) is 1. The molecule has 0 aliphatic rings. The van der Waals surface area contributed by atoms with Gasteiger partial charge in [0.15, 0.2) is 0 Å². The van der Waals surface area contributed by atoms with E-state index in [4.69, 9.17) is 5.73 Å². The minimum Gasteiger partial charge on any atom is -0.508 e. The normalized spacial score (nSPS) is 12.0. The maximum absolute atomic E-state index is 9.36. The Bertz CT molecular complexity index is 758. The first kappa shape index (κ1) is 15.2. The Morgan fingerprint density at radius 3 is 1.87 bits per heavy atom. The Hall–Kier alpha value is -2.74. The van der Waals surface area contributed by atoms with Crippen LogP contribution in [0.4, 0.5) is 5.69 Å². The second kappa shape index (κ2) is 6.57. The van der Waals surface area contributed by atoms with Gasteiger partial charge in [0.2, 0.25) is 0 Å². The van der Waals surface area contributed by atoms with Crippen LogP contribution >= 0.6 is 0 Å². The van der Waals surface area contributed by atoms with Gasteiger partial charge in [0.1, 0.15) is 5.75 Å². The fourth-order valence-electron chi connectivity index (χ4n) is 2.78. The lowest BCUT2D eigenvalue weighted by molar-refractivity contribution is 0.475. The Labute approximate surface area is 137 Å². The van der Waals surface area contributed by atoms with Crippen LogP contribution in [0.25, 0.3) is 11.1 Å². The Morgan fingerprint density at radius 2 is 1.30 bits per heavy atom. The molecule has 0 saturated carbocycles. The zero-order valence-corrected chi connectivity index (χ0v) is 13.2. The SMILES string of the molecule is CC(Cc1ccc(O)cc1)c1ccc(-c2ccc(N)cc2)cc1. The smallest absolute Gasteiger partial charge is 0.115 e. The van der Waals surface area contributed by atoms with Crippen LogP contribution in [0.15, 0.2) is 72.8 Å². The standard InChI is InChI=1S/C21H21NO/c1-15(14-16-2-12-21(23)13-3-16)17-4-6-18(7-5-17)19-8-10-20(22)11-9-19/h2-13,15,23H,14,22H2,1H3. The monoisotopic (exact) mass is 303 g/mol. The van der Waals surface area contributed by atoms with Crippen molar-refractivity contribution in [3.8, 4) is 16.9 Å². The van der Waals surface area contributed by atoms with Crippen molar-refractivity contribution in [2.45, 2.75) is 19.3 Å². The summed E-state index contributed by atoms with van der Waals surface area (Å²) in [6.45, 7) is 2.23. The van der Waals surface area contributed by atoms with Crippen molar-refractivity contribution >= 4 is 5.69 Å². The molecular weight excluding hydrogens is 282 g/mol. The molecule has 0 bridgehead atoms. The zero-order chi connectivity index (χ0) is 16.2. The summed E-state index contributed by atoms with van der Waals surface area (Å²) in [6.07, 6.45) is 0.960. The summed E-state index contributed by atoms with van der Waals surface area (Å²) < 4.78 is 0. The molecule has 3 N–H and O–H groups in total. The molecule has 0 aliphatic heterocycles. The van der Waals surface area contributed by atoms with Crippen molar-refractivity contribution in [2.24, 2.45) is 0 Å². The minimum atomic E-state index is 0.314. The van der Waals surface area contributed by atoms with Gasteiger partial charge in [-0.25, -0.2) is 0 Å². The van der Waals surface area contributed by atoms with Crippen molar-refractivity contribution in [3.05, 3.63) is 83.9 Å². The van der Waals surface area contributed by atoms with Gasteiger partial charge in [-0.2, -0.15) is 0 Å². The van der Waals surface area contributed by atoms with E-state index < -0.39 is 0 Å². The molecule has 0 aliphatic carbocycles. The van der Waals surface area contributed by atoms with Gasteiger partial charge in [-0.05, 0) is 58.9 Å². The largest absolute Gasteiger partial charge is 0.508 e. The van der Waals surface area contributed by atoms with Gasteiger partial charge in [0.05, 0.1) is 0 Å². The van der Waals surface area contributed by atoms with E-state index in [0.717, 1.165) is 12.1 Å².